The van der Waals surface area contributed by atoms with Crippen molar-refractivity contribution < 1.29 is 18.7 Å². The summed E-state index contributed by atoms with van der Waals surface area (Å²) in [6.45, 7) is 2.00. The van der Waals surface area contributed by atoms with E-state index < -0.39 is 0 Å². The predicted octanol–water partition coefficient (Wildman–Crippen LogP) is 5.33. The van der Waals surface area contributed by atoms with Crippen molar-refractivity contribution in [2.24, 2.45) is 0 Å². The maximum atomic E-state index is 14.4. The fourth-order valence-corrected chi connectivity index (χ4v) is 4.21. The number of nitrogens with one attached hydrogen (secondary N) is 1. The number of ether oxygens (including phenoxy) is 2. The van der Waals surface area contributed by atoms with Gasteiger partial charge in [0.15, 0.2) is 0 Å². The minimum absolute atomic E-state index is 0.145. The van der Waals surface area contributed by atoms with E-state index in [4.69, 9.17) is 9.47 Å². The summed E-state index contributed by atoms with van der Waals surface area (Å²) in [5.74, 6) is -0.123. The number of hydrogen-bond acceptors (Lipinski definition) is 6. The van der Waals surface area contributed by atoms with E-state index in [-0.39, 0.29) is 24.3 Å². The lowest BCUT2D eigenvalue weighted by Crippen LogP contribution is -2.13. The summed E-state index contributed by atoms with van der Waals surface area (Å²) in [4.78, 5) is 21.5. The molecule has 1 amide bonds. The molecule has 0 saturated carbocycles. The second-order valence-electron chi connectivity index (χ2n) is 6.52. The quantitative estimate of drug-likeness (QED) is 0.454. The molecule has 0 aliphatic rings. The molecular weight excluding hydrogens is 405 g/mol. The van der Waals surface area contributed by atoms with Crippen LogP contribution in [0.4, 0.5) is 10.1 Å². The fourth-order valence-electron chi connectivity index (χ4n) is 3.10. The van der Waals surface area contributed by atoms with Crippen molar-refractivity contribution in [2.45, 2.75) is 13.5 Å². The predicted molar refractivity (Wildman–Crippen MR) is 114 cm³/mol. The normalized spacial score (nSPS) is 10.9. The molecule has 0 unspecified atom stereocenters. The van der Waals surface area contributed by atoms with E-state index in [9.17, 15) is 9.18 Å². The Labute approximate surface area is 176 Å². The Kier molecular flexibility index (Phi) is 5.69. The SMILES string of the molecule is COCc1c(C(=O)Nc2ccc(Oc3ncccn3)cc2C)sc2cccc(F)c12. The molecule has 2 heterocycles. The van der Waals surface area contributed by atoms with E-state index in [1.165, 1.54) is 24.5 Å². The van der Waals surface area contributed by atoms with Crippen LogP contribution in [-0.2, 0) is 11.3 Å². The monoisotopic (exact) mass is 423 g/mol. The number of amides is 1. The van der Waals surface area contributed by atoms with Gasteiger partial charge in [0.1, 0.15) is 11.6 Å². The lowest BCUT2D eigenvalue weighted by Gasteiger charge is -2.11. The Morgan fingerprint density at radius 3 is 2.70 bits per heavy atom. The van der Waals surface area contributed by atoms with Crippen molar-refractivity contribution in [3.63, 3.8) is 0 Å². The van der Waals surface area contributed by atoms with Crippen molar-refractivity contribution in [1.29, 1.82) is 0 Å². The van der Waals surface area contributed by atoms with E-state index in [0.29, 0.717) is 32.0 Å². The van der Waals surface area contributed by atoms with Gasteiger partial charge < -0.3 is 14.8 Å². The maximum Gasteiger partial charge on any atom is 0.321 e. The number of aromatic nitrogens is 2. The highest BCUT2D eigenvalue weighted by Crippen LogP contribution is 2.34. The Hall–Kier alpha value is -3.36. The Morgan fingerprint density at radius 2 is 1.97 bits per heavy atom. The lowest BCUT2D eigenvalue weighted by molar-refractivity contribution is 0.102. The number of rotatable bonds is 6. The molecule has 0 spiro atoms. The third-order valence-corrected chi connectivity index (χ3v) is 5.65. The zero-order valence-electron chi connectivity index (χ0n) is 16.3. The average molecular weight is 423 g/mol. The van der Waals surface area contributed by atoms with Gasteiger partial charge in [-0.2, -0.15) is 0 Å². The van der Waals surface area contributed by atoms with Crippen molar-refractivity contribution >= 4 is 33.0 Å². The number of anilines is 1. The molecule has 0 bridgehead atoms. The summed E-state index contributed by atoms with van der Waals surface area (Å²) in [5, 5.41) is 3.33. The summed E-state index contributed by atoms with van der Waals surface area (Å²) in [7, 11) is 1.52. The molecule has 30 heavy (non-hydrogen) atoms. The molecule has 0 radical (unpaired) electrons. The number of halogens is 1. The first kappa shape index (κ1) is 19.9. The van der Waals surface area contributed by atoms with Crippen LogP contribution >= 0.6 is 11.3 Å². The van der Waals surface area contributed by atoms with Crippen LogP contribution in [0.25, 0.3) is 10.1 Å². The fraction of sp³-hybridized carbons (Fsp3) is 0.136. The van der Waals surface area contributed by atoms with Gasteiger partial charge in [-0.1, -0.05) is 6.07 Å². The number of benzene rings is 2. The molecule has 0 aliphatic heterocycles. The highest BCUT2D eigenvalue weighted by Gasteiger charge is 2.21. The van der Waals surface area contributed by atoms with E-state index >= 15 is 0 Å². The first-order chi connectivity index (χ1) is 14.6. The minimum atomic E-state index is -0.365. The van der Waals surface area contributed by atoms with Crippen molar-refractivity contribution in [2.75, 3.05) is 12.4 Å². The number of hydrogen-bond donors (Lipinski definition) is 1. The molecule has 0 atom stereocenters. The molecule has 6 nitrogen and oxygen atoms in total. The van der Waals surface area contributed by atoms with Crippen LogP contribution in [0.2, 0.25) is 0 Å². The van der Waals surface area contributed by atoms with Gasteiger partial charge in [-0.15, -0.1) is 11.3 Å². The number of carbonyl (C=O) groups excluding carboxylic acids is 1. The summed E-state index contributed by atoms with van der Waals surface area (Å²) in [5.41, 5.74) is 1.98. The molecule has 0 saturated heterocycles. The topological polar surface area (TPSA) is 73.3 Å². The molecule has 0 fully saturated rings. The van der Waals surface area contributed by atoms with Crippen LogP contribution in [-0.4, -0.2) is 23.0 Å². The molecule has 2 aromatic heterocycles. The zero-order chi connectivity index (χ0) is 21.1. The summed E-state index contributed by atoms with van der Waals surface area (Å²) >= 11 is 1.24. The Balaban J connectivity index is 1.60. The number of nitrogens with zero attached hydrogens (tertiary/aromatic N) is 2. The first-order valence-electron chi connectivity index (χ1n) is 9.12. The molecule has 2 aromatic carbocycles. The number of fused-ring (bicyclic) bond motifs is 1. The van der Waals surface area contributed by atoms with Gasteiger partial charge in [-0.25, -0.2) is 14.4 Å². The van der Waals surface area contributed by atoms with E-state index in [0.717, 1.165) is 5.56 Å². The molecule has 4 rings (SSSR count). The molecule has 0 aliphatic carbocycles. The summed E-state index contributed by atoms with van der Waals surface area (Å²) in [6, 6.07) is 12.0. The highest BCUT2D eigenvalue weighted by atomic mass is 32.1. The highest BCUT2D eigenvalue weighted by molar-refractivity contribution is 7.21. The second-order valence-corrected chi connectivity index (χ2v) is 7.57. The first-order valence-corrected chi connectivity index (χ1v) is 9.94. The van der Waals surface area contributed by atoms with Crippen LogP contribution in [0.3, 0.4) is 0 Å². The minimum Gasteiger partial charge on any atom is -0.424 e. The Morgan fingerprint density at radius 1 is 1.17 bits per heavy atom. The number of aryl methyl sites for hydroxylation is 1. The lowest BCUT2D eigenvalue weighted by atomic mass is 10.1. The van der Waals surface area contributed by atoms with Crippen LogP contribution in [0.1, 0.15) is 20.8 Å². The van der Waals surface area contributed by atoms with Crippen molar-refractivity contribution in [3.8, 4) is 11.8 Å². The van der Waals surface area contributed by atoms with Gasteiger partial charge >= 0.3 is 6.01 Å². The van der Waals surface area contributed by atoms with Gasteiger partial charge in [0.05, 0.1) is 11.5 Å². The van der Waals surface area contributed by atoms with Crippen LogP contribution in [0.15, 0.2) is 54.9 Å². The number of thiophene rings is 1. The van der Waals surface area contributed by atoms with E-state index in [1.807, 2.05) is 6.92 Å². The van der Waals surface area contributed by atoms with Gasteiger partial charge in [0, 0.05) is 40.8 Å². The van der Waals surface area contributed by atoms with Gasteiger partial charge in [0.2, 0.25) is 0 Å². The molecular formula is C22H18FN3O3S. The van der Waals surface area contributed by atoms with Crippen LogP contribution in [0, 0.1) is 12.7 Å². The van der Waals surface area contributed by atoms with Gasteiger partial charge in [-0.3, -0.25) is 4.79 Å². The average Bonchev–Trinajstić information content (AvgIpc) is 3.11. The smallest absolute Gasteiger partial charge is 0.321 e. The van der Waals surface area contributed by atoms with Crippen molar-refractivity contribution in [3.05, 3.63) is 76.7 Å². The third-order valence-electron chi connectivity index (χ3n) is 4.46. The number of carbonyl (C=O) groups is 1. The Bertz CT molecular complexity index is 1210. The van der Waals surface area contributed by atoms with E-state index in [2.05, 4.69) is 15.3 Å². The third kappa shape index (κ3) is 4.00. The summed E-state index contributed by atoms with van der Waals surface area (Å²) in [6.07, 6.45) is 3.18. The van der Waals surface area contributed by atoms with Crippen LogP contribution < -0.4 is 10.1 Å². The molecule has 152 valence electrons. The van der Waals surface area contributed by atoms with E-state index in [1.54, 1.807) is 48.8 Å². The molecule has 4 aromatic rings. The zero-order valence-corrected chi connectivity index (χ0v) is 17.1. The largest absolute Gasteiger partial charge is 0.424 e. The summed E-state index contributed by atoms with van der Waals surface area (Å²) < 4.78 is 25.9. The van der Waals surface area contributed by atoms with Gasteiger partial charge in [0.25, 0.3) is 5.91 Å². The van der Waals surface area contributed by atoms with Crippen LogP contribution in [0.5, 0.6) is 11.8 Å². The van der Waals surface area contributed by atoms with Crippen molar-refractivity contribution in [1.82, 2.24) is 9.97 Å². The number of methoxy groups -OCH3 is 1. The molecule has 8 heteroatoms. The second kappa shape index (κ2) is 8.56. The molecule has 1 N–H and O–H groups in total. The standard InChI is InChI=1S/C22H18FN3O3S/c1-13-11-14(29-22-24-9-4-10-25-22)7-8-17(13)26-21(27)20-15(12-28-2)19-16(23)5-3-6-18(19)30-20/h3-11H,12H2,1-2H3,(H,26,27). The maximum absolute atomic E-state index is 14.4. The van der Waals surface area contributed by atoms with Gasteiger partial charge in [-0.05, 0) is 48.9 Å².